The second-order valence-corrected chi connectivity index (χ2v) is 9.49. The number of halogens is 5. The number of carbonyl (C=O) groups is 1. The summed E-state index contributed by atoms with van der Waals surface area (Å²) in [6.45, 7) is 1.72. The molecule has 0 bridgehead atoms. The number of carboxylic acid groups (broad SMARTS) is 1. The minimum absolute atomic E-state index is 0.0661. The molecule has 0 saturated heterocycles. The Kier molecular flexibility index (Phi) is 8.77. The highest BCUT2D eigenvalue weighted by atomic mass is 19.4. The van der Waals surface area contributed by atoms with Crippen molar-refractivity contribution in [3.63, 3.8) is 0 Å². The first kappa shape index (κ1) is 28.8. The predicted octanol–water partition coefficient (Wildman–Crippen LogP) is 5.06. The summed E-state index contributed by atoms with van der Waals surface area (Å²) in [4.78, 5) is 13.4. The van der Waals surface area contributed by atoms with Crippen molar-refractivity contribution in [1.29, 1.82) is 0 Å². The van der Waals surface area contributed by atoms with E-state index in [0.29, 0.717) is 29.3 Å². The van der Waals surface area contributed by atoms with Crippen molar-refractivity contribution in [3.8, 4) is 5.75 Å². The van der Waals surface area contributed by atoms with Gasteiger partial charge in [0.25, 0.3) is 0 Å². The van der Waals surface area contributed by atoms with Crippen LogP contribution in [0.2, 0.25) is 0 Å². The summed E-state index contributed by atoms with van der Waals surface area (Å²) in [6.07, 6.45) is -5.45. The highest BCUT2D eigenvalue weighted by molar-refractivity contribution is 5.86. The zero-order valence-corrected chi connectivity index (χ0v) is 21.2. The molecule has 212 valence electrons. The zero-order valence-electron chi connectivity index (χ0n) is 21.2. The molecule has 0 spiro atoms. The van der Waals surface area contributed by atoms with Gasteiger partial charge in [0.05, 0.1) is 24.1 Å². The lowest BCUT2D eigenvalue weighted by Crippen LogP contribution is -2.55. The molecule has 1 aliphatic rings. The first-order valence-corrected chi connectivity index (χ1v) is 12.4. The Balaban J connectivity index is 1.55. The number of fused-ring (bicyclic) bond motifs is 3. The molecule has 0 radical (unpaired) electrons. The highest BCUT2D eigenvalue weighted by Gasteiger charge is 2.52. The zero-order chi connectivity index (χ0) is 28.2. The first-order valence-electron chi connectivity index (χ1n) is 12.4. The fourth-order valence-corrected chi connectivity index (χ4v) is 5.14. The normalized spacial score (nSPS) is 19.3. The SMILES string of the molecule is C[C@@H]1Cc2c([nH]c3ccccc23)[C@@](CC(F)(F)F)(c2c(F)cc(OCCOCCCOCC(=O)O)cc2F)N1. The Bertz CT molecular complexity index is 1290. The molecular weight excluding hydrogens is 527 g/mol. The smallest absolute Gasteiger partial charge is 0.391 e. The molecule has 39 heavy (non-hydrogen) atoms. The molecule has 0 unspecified atom stereocenters. The van der Waals surface area contributed by atoms with Crippen LogP contribution in [0.4, 0.5) is 22.0 Å². The predicted molar refractivity (Wildman–Crippen MR) is 132 cm³/mol. The summed E-state index contributed by atoms with van der Waals surface area (Å²) in [6, 6.07) is 8.23. The Morgan fingerprint density at radius 2 is 1.77 bits per heavy atom. The number of hydrogen-bond acceptors (Lipinski definition) is 5. The molecule has 4 rings (SSSR count). The topological polar surface area (TPSA) is 92.8 Å². The van der Waals surface area contributed by atoms with E-state index in [-0.39, 0.29) is 37.9 Å². The molecule has 2 aromatic carbocycles. The largest absolute Gasteiger partial charge is 0.491 e. The van der Waals surface area contributed by atoms with E-state index in [1.807, 2.05) is 0 Å². The molecular formula is C27H29F5N2O5. The number of aromatic amines is 1. The summed E-state index contributed by atoms with van der Waals surface area (Å²) < 4.78 is 88.7. The number of aliphatic carboxylic acids is 1. The maximum Gasteiger partial charge on any atom is 0.391 e. The minimum Gasteiger partial charge on any atom is -0.491 e. The number of benzene rings is 2. The fraction of sp³-hybridized carbons (Fsp3) is 0.444. The van der Waals surface area contributed by atoms with E-state index in [2.05, 4.69) is 10.3 Å². The van der Waals surface area contributed by atoms with Crippen LogP contribution >= 0.6 is 0 Å². The minimum atomic E-state index is -4.75. The summed E-state index contributed by atoms with van der Waals surface area (Å²) in [5, 5.41) is 12.1. The van der Waals surface area contributed by atoms with Gasteiger partial charge in [0.1, 0.15) is 30.6 Å². The quantitative estimate of drug-likeness (QED) is 0.213. The van der Waals surface area contributed by atoms with Gasteiger partial charge in [-0.1, -0.05) is 18.2 Å². The van der Waals surface area contributed by atoms with Crippen LogP contribution < -0.4 is 10.1 Å². The monoisotopic (exact) mass is 556 g/mol. The lowest BCUT2D eigenvalue weighted by Gasteiger charge is -2.42. The Labute approximate surface area is 221 Å². The van der Waals surface area contributed by atoms with E-state index in [1.54, 1.807) is 31.2 Å². The fourth-order valence-electron chi connectivity index (χ4n) is 5.14. The molecule has 0 aliphatic carbocycles. The van der Waals surface area contributed by atoms with Crippen molar-refractivity contribution in [2.24, 2.45) is 0 Å². The molecule has 3 N–H and O–H groups in total. The van der Waals surface area contributed by atoms with Gasteiger partial charge in [0.15, 0.2) is 0 Å². The number of alkyl halides is 3. The number of carboxylic acids is 1. The average Bonchev–Trinajstić information content (AvgIpc) is 3.20. The summed E-state index contributed by atoms with van der Waals surface area (Å²) >= 11 is 0. The van der Waals surface area contributed by atoms with Gasteiger partial charge in [0.2, 0.25) is 0 Å². The van der Waals surface area contributed by atoms with Gasteiger partial charge in [-0.2, -0.15) is 13.2 Å². The number of hydrogen-bond donors (Lipinski definition) is 3. The highest BCUT2D eigenvalue weighted by Crippen LogP contribution is 2.47. The molecule has 0 amide bonds. The van der Waals surface area contributed by atoms with Crippen molar-refractivity contribution in [2.75, 3.05) is 33.0 Å². The van der Waals surface area contributed by atoms with Crippen LogP contribution in [0.15, 0.2) is 36.4 Å². The van der Waals surface area contributed by atoms with Crippen molar-refractivity contribution in [2.45, 2.75) is 43.9 Å². The van der Waals surface area contributed by atoms with Crippen LogP contribution in [-0.2, 0) is 26.2 Å². The van der Waals surface area contributed by atoms with E-state index in [0.717, 1.165) is 12.1 Å². The second kappa shape index (κ2) is 11.9. The van der Waals surface area contributed by atoms with Gasteiger partial charge in [-0.3, -0.25) is 5.32 Å². The van der Waals surface area contributed by atoms with Crippen LogP contribution in [0.3, 0.4) is 0 Å². The van der Waals surface area contributed by atoms with E-state index in [1.165, 1.54) is 0 Å². The Hall–Kier alpha value is -3.22. The second-order valence-electron chi connectivity index (χ2n) is 9.49. The lowest BCUT2D eigenvalue weighted by atomic mass is 9.76. The summed E-state index contributed by atoms with van der Waals surface area (Å²) in [7, 11) is 0. The van der Waals surface area contributed by atoms with Crippen LogP contribution in [0.25, 0.3) is 10.9 Å². The van der Waals surface area contributed by atoms with Crippen LogP contribution in [0.1, 0.15) is 36.6 Å². The number of rotatable bonds is 12. The Morgan fingerprint density at radius 3 is 2.46 bits per heavy atom. The number of aromatic nitrogens is 1. The van der Waals surface area contributed by atoms with Crippen LogP contribution in [0, 0.1) is 11.6 Å². The number of H-pyrrole nitrogens is 1. The van der Waals surface area contributed by atoms with Gasteiger partial charge in [0, 0.05) is 48.0 Å². The van der Waals surface area contributed by atoms with Crippen LogP contribution in [-0.4, -0.2) is 61.3 Å². The molecule has 2 atom stereocenters. The van der Waals surface area contributed by atoms with Gasteiger partial charge in [-0.05, 0) is 31.4 Å². The van der Waals surface area contributed by atoms with Gasteiger partial charge in [-0.15, -0.1) is 0 Å². The van der Waals surface area contributed by atoms with E-state index in [4.69, 9.17) is 19.3 Å². The molecule has 1 aromatic heterocycles. The lowest BCUT2D eigenvalue weighted by molar-refractivity contribution is -0.149. The van der Waals surface area contributed by atoms with Gasteiger partial charge in [-0.25, -0.2) is 13.6 Å². The Morgan fingerprint density at radius 1 is 1.08 bits per heavy atom. The third-order valence-electron chi connectivity index (χ3n) is 6.45. The number of ether oxygens (including phenoxy) is 3. The molecule has 12 heteroatoms. The number of nitrogens with one attached hydrogen (secondary N) is 2. The molecule has 0 fully saturated rings. The molecule has 1 aliphatic heterocycles. The average molecular weight is 557 g/mol. The van der Waals surface area contributed by atoms with Crippen molar-refractivity contribution < 1.29 is 46.1 Å². The first-order chi connectivity index (χ1) is 18.5. The summed E-state index contributed by atoms with van der Waals surface area (Å²) in [5.74, 6) is -3.60. The van der Waals surface area contributed by atoms with E-state index >= 15 is 8.78 Å². The molecule has 2 heterocycles. The summed E-state index contributed by atoms with van der Waals surface area (Å²) in [5.41, 5.74) is -1.69. The van der Waals surface area contributed by atoms with E-state index in [9.17, 15) is 18.0 Å². The molecule has 3 aromatic rings. The standard InChI is InChI=1S/C27H29F5N2O5/c1-16-11-19-18-5-2-3-6-22(18)33-25(19)26(34-16,15-27(30,31)32)24-20(28)12-17(13-21(24)29)39-10-9-37-7-4-8-38-14-23(35)36/h2-3,5-6,12-13,16,33-34H,4,7-11,14-15H2,1H3,(H,35,36)/t16-,26-/m1/s1. The number of para-hydroxylation sites is 1. The maximum absolute atomic E-state index is 15.6. The van der Waals surface area contributed by atoms with Gasteiger partial charge >= 0.3 is 12.1 Å². The van der Waals surface area contributed by atoms with Gasteiger partial charge < -0.3 is 24.3 Å². The van der Waals surface area contributed by atoms with Crippen molar-refractivity contribution in [3.05, 3.63) is 64.9 Å². The van der Waals surface area contributed by atoms with Crippen LogP contribution in [0.5, 0.6) is 5.75 Å². The third kappa shape index (κ3) is 6.68. The molecule has 7 nitrogen and oxygen atoms in total. The third-order valence-corrected chi connectivity index (χ3v) is 6.45. The van der Waals surface area contributed by atoms with Crippen molar-refractivity contribution in [1.82, 2.24) is 10.3 Å². The van der Waals surface area contributed by atoms with Crippen molar-refractivity contribution >= 4 is 16.9 Å². The van der Waals surface area contributed by atoms with E-state index < -0.39 is 54.0 Å². The molecule has 0 saturated carbocycles. The maximum atomic E-state index is 15.6.